The summed E-state index contributed by atoms with van der Waals surface area (Å²) in [6, 6.07) is 3.03. The molecular weight excluding hydrogens is 300 g/mol. The zero-order valence-corrected chi connectivity index (χ0v) is 13.4. The Morgan fingerprint density at radius 1 is 1.50 bits per heavy atom. The van der Waals surface area contributed by atoms with Gasteiger partial charge in [0.1, 0.15) is 0 Å². The first-order valence-electron chi connectivity index (χ1n) is 6.21. The molecule has 1 atom stereocenters. The molecule has 112 valence electrons. The molecule has 0 aromatic carbocycles. The number of carbonyl (C=O) groups is 2. The minimum absolute atomic E-state index is 0.0332. The van der Waals surface area contributed by atoms with E-state index in [1.807, 2.05) is 0 Å². The van der Waals surface area contributed by atoms with Crippen LogP contribution in [0.2, 0.25) is 4.34 Å². The van der Waals surface area contributed by atoms with Gasteiger partial charge in [-0.3, -0.25) is 14.5 Å². The fraction of sp³-hybridized carbons (Fsp3) is 0.538. The van der Waals surface area contributed by atoms with E-state index in [0.717, 1.165) is 0 Å². The quantitative estimate of drug-likeness (QED) is 0.585. The number of nitrogens with one attached hydrogen (secondary N) is 1. The number of rotatable bonds is 8. The van der Waals surface area contributed by atoms with Crippen molar-refractivity contribution in [3.8, 4) is 0 Å². The van der Waals surface area contributed by atoms with E-state index in [1.165, 1.54) is 11.3 Å². The van der Waals surface area contributed by atoms with Crippen LogP contribution in [-0.2, 0) is 9.53 Å². The van der Waals surface area contributed by atoms with Gasteiger partial charge in [0, 0.05) is 13.7 Å². The van der Waals surface area contributed by atoms with Crippen molar-refractivity contribution in [3.05, 3.63) is 21.3 Å². The molecule has 7 heteroatoms. The summed E-state index contributed by atoms with van der Waals surface area (Å²) in [6.07, 6.45) is 0. The molecule has 0 fully saturated rings. The Morgan fingerprint density at radius 3 is 2.75 bits per heavy atom. The number of methoxy groups -OCH3 is 1. The molecule has 1 N–H and O–H groups in total. The van der Waals surface area contributed by atoms with Crippen LogP contribution in [0.1, 0.15) is 16.6 Å². The third-order valence-electron chi connectivity index (χ3n) is 2.88. The van der Waals surface area contributed by atoms with Gasteiger partial charge < -0.3 is 10.1 Å². The minimum Gasteiger partial charge on any atom is -0.383 e. The highest BCUT2D eigenvalue weighted by Crippen LogP contribution is 2.23. The number of likely N-dealkylation sites (N-methyl/N-ethyl adjacent to an activating group) is 1. The van der Waals surface area contributed by atoms with Gasteiger partial charge in [-0.1, -0.05) is 11.6 Å². The van der Waals surface area contributed by atoms with Gasteiger partial charge in [0.15, 0.2) is 5.78 Å². The predicted molar refractivity (Wildman–Crippen MR) is 80.6 cm³/mol. The number of nitrogens with zero attached hydrogens (tertiary/aromatic N) is 1. The normalized spacial score (nSPS) is 12.4. The van der Waals surface area contributed by atoms with E-state index in [-0.39, 0.29) is 24.3 Å². The number of ketones is 1. The van der Waals surface area contributed by atoms with Crippen LogP contribution in [0, 0.1) is 0 Å². The number of halogens is 1. The summed E-state index contributed by atoms with van der Waals surface area (Å²) in [5, 5.41) is 2.72. The zero-order chi connectivity index (χ0) is 15.1. The van der Waals surface area contributed by atoms with Crippen molar-refractivity contribution in [2.75, 3.05) is 33.9 Å². The molecule has 0 bridgehead atoms. The average Bonchev–Trinajstić information content (AvgIpc) is 2.84. The Morgan fingerprint density at radius 2 is 2.20 bits per heavy atom. The Hall–Kier alpha value is -0.950. The SMILES string of the molecule is COCCNC(=O)CN(C)C(C)C(=O)c1ccc(Cl)s1. The fourth-order valence-corrected chi connectivity index (χ4v) is 2.63. The summed E-state index contributed by atoms with van der Waals surface area (Å²) >= 11 is 7.07. The molecule has 1 aromatic rings. The van der Waals surface area contributed by atoms with Crippen molar-refractivity contribution in [2.24, 2.45) is 0 Å². The Labute approximate surface area is 127 Å². The number of carbonyl (C=O) groups excluding carboxylic acids is 2. The molecule has 0 spiro atoms. The number of thiophene rings is 1. The molecule has 1 rings (SSSR count). The number of Topliss-reactive ketones (excluding diaryl/α,β-unsaturated/α-hetero) is 1. The van der Waals surface area contributed by atoms with Crippen molar-refractivity contribution >= 4 is 34.6 Å². The van der Waals surface area contributed by atoms with Gasteiger partial charge in [-0.05, 0) is 26.1 Å². The molecule has 1 amide bonds. The summed E-state index contributed by atoms with van der Waals surface area (Å²) in [5.41, 5.74) is 0. The van der Waals surface area contributed by atoms with E-state index in [0.29, 0.717) is 22.4 Å². The summed E-state index contributed by atoms with van der Waals surface area (Å²) < 4.78 is 5.43. The van der Waals surface area contributed by atoms with Crippen LogP contribution in [0.5, 0.6) is 0 Å². The number of ether oxygens (including phenoxy) is 1. The average molecular weight is 319 g/mol. The molecule has 1 heterocycles. The maximum Gasteiger partial charge on any atom is 0.234 e. The van der Waals surface area contributed by atoms with Crippen molar-refractivity contribution in [3.63, 3.8) is 0 Å². The standard InChI is InChI=1S/C13H19ClN2O3S/c1-9(13(18)10-4-5-11(14)20-10)16(2)8-12(17)15-6-7-19-3/h4-5,9H,6-8H2,1-3H3,(H,15,17). The molecule has 0 aliphatic rings. The van der Waals surface area contributed by atoms with Crippen molar-refractivity contribution < 1.29 is 14.3 Å². The molecule has 20 heavy (non-hydrogen) atoms. The third kappa shape index (κ3) is 5.20. The molecule has 0 saturated carbocycles. The highest BCUT2D eigenvalue weighted by molar-refractivity contribution is 7.18. The number of hydrogen-bond donors (Lipinski definition) is 1. The van der Waals surface area contributed by atoms with Gasteiger partial charge in [0.05, 0.1) is 28.4 Å². The van der Waals surface area contributed by atoms with E-state index < -0.39 is 0 Å². The first-order chi connectivity index (χ1) is 9.45. The van der Waals surface area contributed by atoms with Crippen LogP contribution in [0.25, 0.3) is 0 Å². The largest absolute Gasteiger partial charge is 0.383 e. The van der Waals surface area contributed by atoms with Gasteiger partial charge in [-0.2, -0.15) is 0 Å². The van der Waals surface area contributed by atoms with Gasteiger partial charge >= 0.3 is 0 Å². The van der Waals surface area contributed by atoms with Crippen LogP contribution in [0.3, 0.4) is 0 Å². The topological polar surface area (TPSA) is 58.6 Å². The van der Waals surface area contributed by atoms with Crippen LogP contribution in [-0.4, -0.2) is 56.5 Å². The van der Waals surface area contributed by atoms with Gasteiger partial charge in [0.25, 0.3) is 0 Å². The Bertz CT molecular complexity index is 464. The molecular formula is C13H19ClN2O3S. The zero-order valence-electron chi connectivity index (χ0n) is 11.8. The second kappa shape index (κ2) is 8.36. The summed E-state index contributed by atoms with van der Waals surface area (Å²) in [6.45, 7) is 2.87. The van der Waals surface area contributed by atoms with Crippen LogP contribution in [0.4, 0.5) is 0 Å². The van der Waals surface area contributed by atoms with E-state index in [2.05, 4.69) is 5.32 Å². The first-order valence-corrected chi connectivity index (χ1v) is 7.40. The summed E-state index contributed by atoms with van der Waals surface area (Å²) in [7, 11) is 3.32. The highest BCUT2D eigenvalue weighted by Gasteiger charge is 2.22. The molecule has 0 aliphatic carbocycles. The van der Waals surface area contributed by atoms with Crippen LogP contribution in [0.15, 0.2) is 12.1 Å². The van der Waals surface area contributed by atoms with E-state index in [1.54, 1.807) is 38.1 Å². The maximum atomic E-state index is 12.2. The second-order valence-electron chi connectivity index (χ2n) is 4.40. The lowest BCUT2D eigenvalue weighted by molar-refractivity contribution is -0.122. The molecule has 0 radical (unpaired) electrons. The fourth-order valence-electron chi connectivity index (χ4n) is 1.56. The molecule has 1 aromatic heterocycles. The molecule has 0 aliphatic heterocycles. The van der Waals surface area contributed by atoms with Gasteiger partial charge in [-0.15, -0.1) is 11.3 Å². The highest BCUT2D eigenvalue weighted by atomic mass is 35.5. The van der Waals surface area contributed by atoms with Crippen molar-refractivity contribution in [2.45, 2.75) is 13.0 Å². The molecule has 0 saturated heterocycles. The lowest BCUT2D eigenvalue weighted by Gasteiger charge is -2.22. The van der Waals surface area contributed by atoms with E-state index in [4.69, 9.17) is 16.3 Å². The minimum atomic E-state index is -0.377. The van der Waals surface area contributed by atoms with E-state index >= 15 is 0 Å². The maximum absolute atomic E-state index is 12.2. The first kappa shape index (κ1) is 17.1. The monoisotopic (exact) mass is 318 g/mol. The smallest absolute Gasteiger partial charge is 0.234 e. The predicted octanol–water partition coefficient (Wildman–Crippen LogP) is 1.67. The third-order valence-corrected chi connectivity index (χ3v) is 4.12. The Kier molecular flexibility index (Phi) is 7.15. The number of hydrogen-bond acceptors (Lipinski definition) is 5. The number of amides is 1. The Balaban J connectivity index is 2.47. The molecule has 5 nitrogen and oxygen atoms in total. The lowest BCUT2D eigenvalue weighted by Crippen LogP contribution is -2.43. The summed E-state index contributed by atoms with van der Waals surface area (Å²) in [4.78, 5) is 26.2. The molecule has 1 unspecified atom stereocenters. The van der Waals surface area contributed by atoms with Gasteiger partial charge in [-0.25, -0.2) is 0 Å². The van der Waals surface area contributed by atoms with Gasteiger partial charge in [0.2, 0.25) is 5.91 Å². The lowest BCUT2D eigenvalue weighted by atomic mass is 10.1. The van der Waals surface area contributed by atoms with Crippen molar-refractivity contribution in [1.29, 1.82) is 0 Å². The summed E-state index contributed by atoms with van der Waals surface area (Å²) in [5.74, 6) is -0.164. The van der Waals surface area contributed by atoms with Crippen LogP contribution < -0.4 is 5.32 Å². The van der Waals surface area contributed by atoms with Crippen molar-refractivity contribution in [1.82, 2.24) is 10.2 Å². The van der Waals surface area contributed by atoms with E-state index in [9.17, 15) is 9.59 Å². The van der Waals surface area contributed by atoms with Crippen LogP contribution >= 0.6 is 22.9 Å². The second-order valence-corrected chi connectivity index (χ2v) is 6.12.